The Hall–Kier alpha value is -5.16. The lowest BCUT2D eigenvalue weighted by Gasteiger charge is -2.15. The number of hydrogen-bond donors (Lipinski definition) is 1. The average molecular weight is 618 g/mol. The number of H-pyrrole nitrogens is 1. The first-order valence-electron chi connectivity index (χ1n) is 13.5. The molecule has 2 aromatic heterocycles. The molecule has 0 amide bonds. The van der Waals surface area contributed by atoms with Crippen molar-refractivity contribution in [1.82, 2.24) is 4.98 Å². The number of ether oxygens (including phenoxy) is 6. The van der Waals surface area contributed by atoms with Gasteiger partial charge in [0.15, 0.2) is 17.3 Å². The molecule has 5 rings (SSSR count). The van der Waals surface area contributed by atoms with Gasteiger partial charge >= 0.3 is 4.87 Å². The van der Waals surface area contributed by atoms with Crippen LogP contribution in [0.3, 0.4) is 0 Å². The molecule has 11 heteroatoms. The van der Waals surface area contributed by atoms with E-state index in [1.807, 2.05) is 31.2 Å². The lowest BCUT2D eigenvalue weighted by molar-refractivity contribution is 0.214. The highest BCUT2D eigenvalue weighted by Crippen LogP contribution is 2.39. The van der Waals surface area contributed by atoms with Gasteiger partial charge in [0.2, 0.25) is 11.2 Å². The number of methoxy groups -OCH3 is 4. The van der Waals surface area contributed by atoms with Crippen molar-refractivity contribution in [1.29, 1.82) is 0 Å². The number of benzene rings is 3. The minimum Gasteiger partial charge on any atom is -0.496 e. The molecule has 0 bridgehead atoms. The molecule has 0 aliphatic carbocycles. The summed E-state index contributed by atoms with van der Waals surface area (Å²) in [4.78, 5) is 28.2. The van der Waals surface area contributed by atoms with Gasteiger partial charge in [-0.1, -0.05) is 30.0 Å². The number of aromatic amines is 1. The third kappa shape index (κ3) is 6.00. The van der Waals surface area contributed by atoms with Crippen molar-refractivity contribution >= 4 is 34.5 Å². The van der Waals surface area contributed by atoms with Crippen molar-refractivity contribution in [2.75, 3.05) is 41.7 Å². The Balaban J connectivity index is 1.47. The van der Waals surface area contributed by atoms with Gasteiger partial charge < -0.3 is 37.8 Å². The second kappa shape index (κ2) is 13.0. The molecule has 0 atom stereocenters. The molecule has 0 spiro atoms. The predicted octanol–water partition coefficient (Wildman–Crippen LogP) is 4.33. The van der Waals surface area contributed by atoms with Crippen LogP contribution in [0.5, 0.6) is 34.5 Å². The molecule has 10 nitrogen and oxygen atoms in total. The van der Waals surface area contributed by atoms with Crippen LogP contribution in [0.2, 0.25) is 0 Å². The summed E-state index contributed by atoms with van der Waals surface area (Å²) in [6.45, 7) is 6.00. The van der Waals surface area contributed by atoms with E-state index in [1.165, 1.54) is 28.4 Å². The maximum atomic E-state index is 13.9. The Kier molecular flexibility index (Phi) is 8.96. The van der Waals surface area contributed by atoms with Gasteiger partial charge in [-0.15, -0.1) is 0 Å². The van der Waals surface area contributed by atoms with E-state index >= 15 is 0 Å². The summed E-state index contributed by atoms with van der Waals surface area (Å²) >= 11 is 1.11. The van der Waals surface area contributed by atoms with E-state index < -0.39 is 5.43 Å². The van der Waals surface area contributed by atoms with E-state index in [2.05, 4.69) is 11.6 Å². The summed E-state index contributed by atoms with van der Waals surface area (Å²) in [6, 6.07) is 15.9. The van der Waals surface area contributed by atoms with E-state index in [0.717, 1.165) is 27.0 Å². The molecule has 0 aliphatic heterocycles. The zero-order valence-corrected chi connectivity index (χ0v) is 25.7. The highest BCUT2D eigenvalue weighted by molar-refractivity contribution is 7.07. The second-order valence-electron chi connectivity index (χ2n) is 9.53. The highest BCUT2D eigenvalue weighted by Gasteiger charge is 2.22. The van der Waals surface area contributed by atoms with Gasteiger partial charge in [-0.05, 0) is 48.4 Å². The Labute approximate surface area is 256 Å². The summed E-state index contributed by atoms with van der Waals surface area (Å²) in [5, 5.41) is 0.788. The van der Waals surface area contributed by atoms with Crippen LogP contribution in [0.1, 0.15) is 12.5 Å². The molecule has 5 aromatic rings. The first-order valence-corrected chi connectivity index (χ1v) is 14.3. The predicted molar refractivity (Wildman–Crippen MR) is 169 cm³/mol. The van der Waals surface area contributed by atoms with Gasteiger partial charge in [0, 0.05) is 17.7 Å². The van der Waals surface area contributed by atoms with Crippen molar-refractivity contribution < 1.29 is 32.8 Å². The van der Waals surface area contributed by atoms with Crippen molar-refractivity contribution in [2.24, 2.45) is 0 Å². The molecular formula is C33H31NO9S. The largest absolute Gasteiger partial charge is 0.496 e. The Morgan fingerprint density at radius 3 is 2.27 bits per heavy atom. The van der Waals surface area contributed by atoms with Gasteiger partial charge in [0.05, 0.1) is 38.3 Å². The summed E-state index contributed by atoms with van der Waals surface area (Å²) in [7, 11) is 6.04. The molecule has 1 N–H and O–H groups in total. The molecule has 44 heavy (non-hydrogen) atoms. The monoisotopic (exact) mass is 617 g/mol. The zero-order valence-electron chi connectivity index (χ0n) is 24.9. The van der Waals surface area contributed by atoms with E-state index in [1.54, 1.807) is 30.3 Å². The lowest BCUT2D eigenvalue weighted by atomic mass is 10.1. The van der Waals surface area contributed by atoms with Crippen LogP contribution >= 0.6 is 11.3 Å². The Bertz CT molecular complexity index is 2060. The van der Waals surface area contributed by atoms with Gasteiger partial charge in [-0.3, -0.25) is 9.59 Å². The molecule has 0 aliphatic rings. The first kappa shape index (κ1) is 30.3. The van der Waals surface area contributed by atoms with Crippen LogP contribution in [-0.4, -0.2) is 46.6 Å². The highest BCUT2D eigenvalue weighted by atomic mass is 32.1. The van der Waals surface area contributed by atoms with Gasteiger partial charge in [-0.2, -0.15) is 0 Å². The maximum Gasteiger partial charge on any atom is 0.305 e. The van der Waals surface area contributed by atoms with Crippen LogP contribution in [0.15, 0.2) is 68.6 Å². The van der Waals surface area contributed by atoms with E-state index in [0.29, 0.717) is 33.9 Å². The van der Waals surface area contributed by atoms with Crippen LogP contribution in [0, 0.1) is 0 Å². The van der Waals surface area contributed by atoms with E-state index in [-0.39, 0.29) is 46.3 Å². The fraction of sp³-hybridized carbons (Fsp3) is 0.212. The normalized spacial score (nSPS) is 11.7. The summed E-state index contributed by atoms with van der Waals surface area (Å²) in [6.07, 6.45) is 0. The first-order chi connectivity index (χ1) is 21.3. The minimum atomic E-state index is -0.419. The SMILES string of the molecule is C=c1[nH]c(=O)s/c1=C(/C)c1cccc(OCCOc2c(-c3ccc(OC)c(OC)c3)oc3cc(OC)cc(OC)c3c2=O)c1. The van der Waals surface area contributed by atoms with Crippen molar-refractivity contribution in [3.05, 3.63) is 89.9 Å². The summed E-state index contributed by atoms with van der Waals surface area (Å²) < 4.78 is 40.8. The molecule has 3 aromatic carbocycles. The Morgan fingerprint density at radius 1 is 0.841 bits per heavy atom. The number of nitrogens with one attached hydrogen (secondary N) is 1. The quantitative estimate of drug-likeness (QED) is 0.216. The topological polar surface area (TPSA) is 118 Å². The minimum absolute atomic E-state index is 0.0138. The number of fused-ring (bicyclic) bond motifs is 1. The fourth-order valence-electron chi connectivity index (χ4n) is 4.74. The van der Waals surface area contributed by atoms with Crippen molar-refractivity contribution in [3.8, 4) is 45.8 Å². The van der Waals surface area contributed by atoms with E-state index in [9.17, 15) is 9.59 Å². The number of thiazole rings is 1. The molecule has 228 valence electrons. The van der Waals surface area contributed by atoms with Gasteiger partial charge in [-0.25, -0.2) is 0 Å². The zero-order chi connectivity index (χ0) is 31.4. The number of rotatable bonds is 11. The molecule has 0 saturated heterocycles. The molecular weight excluding hydrogens is 586 g/mol. The smallest absolute Gasteiger partial charge is 0.305 e. The number of hydrogen-bond acceptors (Lipinski definition) is 10. The van der Waals surface area contributed by atoms with Crippen LogP contribution in [0.25, 0.3) is 34.4 Å². The molecule has 2 heterocycles. The third-order valence-corrected chi connectivity index (χ3v) is 7.96. The fourth-order valence-corrected chi connectivity index (χ4v) is 5.54. The van der Waals surface area contributed by atoms with Crippen LogP contribution in [0.4, 0.5) is 0 Å². The lowest BCUT2D eigenvalue weighted by Crippen LogP contribution is -2.21. The molecule has 0 fully saturated rings. The standard InChI is InChI=1S/C33H31NO9S/c1-18(32-19(2)34-33(36)44-32)20-8-7-9-22(14-20)41-12-13-42-31-29(35)28-26(40-6)16-23(37-3)17-27(28)43-30(31)21-10-11-24(38-4)25(15-21)39-5/h7-11,14-17H,2,12-13H2,1,3-6H3,(H,34,36)/b32-18-. The summed E-state index contributed by atoms with van der Waals surface area (Å²) in [5.74, 6) is 2.50. The Morgan fingerprint density at radius 2 is 1.59 bits per heavy atom. The third-order valence-electron chi connectivity index (χ3n) is 6.92. The number of aromatic nitrogens is 1. The average Bonchev–Trinajstić information content (AvgIpc) is 3.39. The van der Waals surface area contributed by atoms with Crippen molar-refractivity contribution in [2.45, 2.75) is 6.92 Å². The molecule has 0 unspecified atom stereocenters. The van der Waals surface area contributed by atoms with Crippen LogP contribution in [-0.2, 0) is 0 Å². The van der Waals surface area contributed by atoms with E-state index in [4.69, 9.17) is 32.8 Å². The van der Waals surface area contributed by atoms with Gasteiger partial charge in [0.1, 0.15) is 41.4 Å². The molecule has 0 radical (unpaired) electrons. The summed E-state index contributed by atoms with van der Waals surface area (Å²) in [5.41, 5.74) is 2.17. The van der Waals surface area contributed by atoms with Crippen LogP contribution < -0.4 is 48.6 Å². The molecule has 0 saturated carbocycles. The van der Waals surface area contributed by atoms with Gasteiger partial charge in [0.25, 0.3) is 0 Å². The maximum absolute atomic E-state index is 13.9. The van der Waals surface area contributed by atoms with Crippen molar-refractivity contribution in [3.63, 3.8) is 0 Å². The second-order valence-corrected chi connectivity index (χ2v) is 10.5.